The molecule has 0 saturated heterocycles. The molecule has 0 saturated carbocycles. The Morgan fingerprint density at radius 1 is 0.808 bits per heavy atom. The van der Waals surface area contributed by atoms with E-state index in [1.54, 1.807) is 30.5 Å². The van der Waals surface area contributed by atoms with Crippen LogP contribution in [0, 0.1) is 0 Å². The number of methoxy groups -OCH3 is 1. The van der Waals surface area contributed by atoms with E-state index in [4.69, 9.17) is 14.6 Å². The zero-order valence-electron chi connectivity index (χ0n) is 31.2. The third-order valence-electron chi connectivity index (χ3n) is 9.22. The van der Waals surface area contributed by atoms with Gasteiger partial charge < -0.3 is 20.3 Å². The SMILES string of the molecule is CCC[CH2][Sn]([CH2]CCC)([CH2]CCC)[c]1cncc(C(=O)NCCCCC(NC(=O)NC(CCC(=O)O)C(=O)O)C(=O)OCc2ccc(OC)cc2)c1. The quantitative estimate of drug-likeness (QED) is 0.0441. The molecule has 13 nitrogen and oxygen atoms in total. The topological polar surface area (TPSA) is 193 Å². The number of aromatic nitrogens is 1. The zero-order valence-corrected chi connectivity index (χ0v) is 34.1. The fraction of sp³-hybridized carbons (Fsp3) is 0.579. The van der Waals surface area contributed by atoms with Crippen LogP contribution < -0.4 is 24.3 Å². The Hall–Kier alpha value is -3.88. The summed E-state index contributed by atoms with van der Waals surface area (Å²) in [6, 6.07) is 5.47. The van der Waals surface area contributed by atoms with Gasteiger partial charge in [0.05, 0.1) is 7.11 Å². The summed E-state index contributed by atoms with van der Waals surface area (Å²) < 4.78 is 15.8. The van der Waals surface area contributed by atoms with Crippen LogP contribution in [0.25, 0.3) is 0 Å². The number of carboxylic acid groups (broad SMARTS) is 2. The number of hydrogen-bond acceptors (Lipinski definition) is 8. The third-order valence-corrected chi connectivity index (χ3v) is 24.7. The number of rotatable bonds is 26. The number of nitrogens with one attached hydrogen (secondary N) is 3. The molecule has 2 rings (SSSR count). The van der Waals surface area contributed by atoms with Crippen molar-refractivity contribution in [3.63, 3.8) is 0 Å². The Kier molecular flexibility index (Phi) is 20.8. The Balaban J connectivity index is 2.07. The number of carbonyl (C=O) groups is 5. The van der Waals surface area contributed by atoms with E-state index in [0.29, 0.717) is 36.3 Å². The monoisotopic (exact) mass is 834 g/mol. The maximum atomic E-state index is 13.3. The van der Waals surface area contributed by atoms with Crippen LogP contribution >= 0.6 is 0 Å². The molecule has 0 aliphatic heterocycles. The molecule has 1 heterocycles. The van der Waals surface area contributed by atoms with Crippen molar-refractivity contribution in [2.75, 3.05) is 13.7 Å². The molecule has 5 N–H and O–H groups in total. The first kappa shape index (κ1) is 44.3. The van der Waals surface area contributed by atoms with Crippen molar-refractivity contribution < 1.29 is 43.7 Å². The minimum atomic E-state index is -2.78. The van der Waals surface area contributed by atoms with Crippen molar-refractivity contribution in [1.82, 2.24) is 20.9 Å². The molecular formula is C38H58N4O9Sn. The molecule has 0 bridgehead atoms. The molecule has 0 spiro atoms. The summed E-state index contributed by atoms with van der Waals surface area (Å²) in [4.78, 5) is 66.2. The standard InChI is InChI=1S/C26H31N4O9.3C4H9.Sn/c1-38-19-9-7-17(8-10-19)16-39-25(36)21(30-26(37)29-20(24(34)35)11-12-22(31)32)6-2-3-14-28-23(33)18-5-4-13-27-15-18;3*1-3-4-2;/h5,7-10,13,15,20-21H,2-3,6,11-12,14,16H2,1H3,(H,28,33)(H,31,32)(H,34,35)(H2,29,30,37);3*1,3-4H2,2H3;. The van der Waals surface area contributed by atoms with Gasteiger partial charge in [0.15, 0.2) is 0 Å². The number of carbonyl (C=O) groups excluding carboxylic acids is 3. The molecule has 2 atom stereocenters. The molecule has 2 aromatic rings. The molecule has 2 unspecified atom stereocenters. The number of aliphatic carboxylic acids is 2. The van der Waals surface area contributed by atoms with Gasteiger partial charge in [-0.15, -0.1) is 0 Å². The Bertz CT molecular complexity index is 1400. The molecule has 0 aliphatic carbocycles. The van der Waals surface area contributed by atoms with Gasteiger partial charge in [0.1, 0.15) is 18.4 Å². The van der Waals surface area contributed by atoms with Gasteiger partial charge in [-0.2, -0.15) is 0 Å². The average molecular weight is 834 g/mol. The molecular weight excluding hydrogens is 775 g/mol. The van der Waals surface area contributed by atoms with Gasteiger partial charge in [-0.05, 0) is 24.1 Å². The summed E-state index contributed by atoms with van der Waals surface area (Å²) in [5.74, 6) is -2.89. The fourth-order valence-electron chi connectivity index (χ4n) is 6.09. The van der Waals surface area contributed by atoms with Gasteiger partial charge in [0.25, 0.3) is 0 Å². The Morgan fingerprint density at radius 2 is 1.42 bits per heavy atom. The van der Waals surface area contributed by atoms with Crippen molar-refractivity contribution in [1.29, 1.82) is 0 Å². The van der Waals surface area contributed by atoms with Crippen LogP contribution in [-0.2, 0) is 25.7 Å². The van der Waals surface area contributed by atoms with Gasteiger partial charge in [0, 0.05) is 6.42 Å². The Labute approximate surface area is 311 Å². The molecule has 0 aliphatic rings. The first-order valence-corrected chi connectivity index (χ1v) is 26.0. The predicted molar refractivity (Wildman–Crippen MR) is 201 cm³/mol. The number of benzene rings is 1. The van der Waals surface area contributed by atoms with Gasteiger partial charge in [0.2, 0.25) is 0 Å². The summed E-state index contributed by atoms with van der Waals surface area (Å²) >= 11 is -2.78. The number of amides is 3. The number of urea groups is 1. The average Bonchev–Trinajstić information content (AvgIpc) is 3.14. The summed E-state index contributed by atoms with van der Waals surface area (Å²) in [5, 5.41) is 26.1. The van der Waals surface area contributed by atoms with Crippen LogP contribution in [-0.4, -0.2) is 89.2 Å². The number of hydrogen-bond donors (Lipinski definition) is 5. The molecule has 52 heavy (non-hydrogen) atoms. The van der Waals surface area contributed by atoms with E-state index in [9.17, 15) is 29.1 Å². The van der Waals surface area contributed by atoms with Crippen LogP contribution in [0.2, 0.25) is 13.3 Å². The molecule has 1 aromatic carbocycles. The van der Waals surface area contributed by atoms with Crippen molar-refractivity contribution in [3.8, 4) is 5.75 Å². The number of pyridine rings is 1. The number of nitrogens with zero attached hydrogens (tertiary/aromatic N) is 1. The number of unbranched alkanes of at least 4 members (excludes halogenated alkanes) is 4. The third kappa shape index (κ3) is 15.8. The first-order chi connectivity index (χ1) is 25.0. The Morgan fingerprint density at radius 3 is 1.98 bits per heavy atom. The molecule has 288 valence electrons. The van der Waals surface area contributed by atoms with Crippen molar-refractivity contribution in [3.05, 3.63) is 53.9 Å². The maximum absolute atomic E-state index is 13.3. The van der Waals surface area contributed by atoms with Crippen LogP contribution in [0.5, 0.6) is 5.75 Å². The minimum absolute atomic E-state index is 0.0664. The second kappa shape index (κ2) is 24.4. The van der Waals surface area contributed by atoms with Gasteiger partial charge in [-0.3, -0.25) is 4.79 Å². The number of ether oxygens (including phenoxy) is 2. The van der Waals surface area contributed by atoms with E-state index < -0.39 is 60.8 Å². The fourth-order valence-corrected chi connectivity index (χ4v) is 21.8. The first-order valence-electron chi connectivity index (χ1n) is 18.5. The van der Waals surface area contributed by atoms with E-state index in [1.807, 2.05) is 6.20 Å². The second-order valence-corrected chi connectivity index (χ2v) is 26.5. The van der Waals surface area contributed by atoms with Crippen molar-refractivity contribution >= 4 is 51.8 Å². The molecule has 0 fully saturated rings. The molecule has 0 radical (unpaired) electrons. The second-order valence-electron chi connectivity index (χ2n) is 13.3. The van der Waals surface area contributed by atoms with Crippen molar-refractivity contribution in [2.24, 2.45) is 0 Å². The van der Waals surface area contributed by atoms with Crippen LogP contribution in [0.3, 0.4) is 0 Å². The summed E-state index contributed by atoms with van der Waals surface area (Å²) in [6.45, 7) is 6.96. The molecule has 14 heteroatoms. The van der Waals surface area contributed by atoms with Gasteiger partial charge >= 0.3 is 210 Å². The van der Waals surface area contributed by atoms with Crippen LogP contribution in [0.4, 0.5) is 4.79 Å². The number of carboxylic acids is 2. The zero-order chi connectivity index (χ0) is 38.4. The number of esters is 1. The summed E-state index contributed by atoms with van der Waals surface area (Å²) in [6.07, 6.45) is 11.0. The van der Waals surface area contributed by atoms with Gasteiger partial charge in [-0.1, -0.05) is 12.1 Å². The van der Waals surface area contributed by atoms with Gasteiger partial charge in [-0.25, -0.2) is 9.59 Å². The molecule has 1 aromatic heterocycles. The molecule has 3 amide bonds. The van der Waals surface area contributed by atoms with E-state index in [1.165, 1.54) is 43.3 Å². The van der Waals surface area contributed by atoms with Crippen LogP contribution in [0.15, 0.2) is 42.7 Å². The summed E-state index contributed by atoms with van der Waals surface area (Å²) in [5.41, 5.74) is 1.25. The van der Waals surface area contributed by atoms with E-state index in [0.717, 1.165) is 19.3 Å². The van der Waals surface area contributed by atoms with Crippen LogP contribution in [0.1, 0.15) is 107 Å². The van der Waals surface area contributed by atoms with E-state index in [2.05, 4.69) is 47.8 Å². The van der Waals surface area contributed by atoms with Crippen molar-refractivity contribution in [2.45, 2.75) is 123 Å². The summed E-state index contributed by atoms with van der Waals surface area (Å²) in [7, 11) is 1.54. The van der Waals surface area contributed by atoms with E-state index >= 15 is 0 Å². The predicted octanol–water partition coefficient (Wildman–Crippen LogP) is 5.78. The van der Waals surface area contributed by atoms with E-state index in [-0.39, 0.29) is 25.4 Å². The normalized spacial score (nSPS) is 12.3.